The monoisotopic (exact) mass is 352 g/mol. The second-order valence-electron chi connectivity index (χ2n) is 6.07. The Hall–Kier alpha value is -1.53. The fourth-order valence-corrected chi connectivity index (χ4v) is 2.75. The summed E-state index contributed by atoms with van der Waals surface area (Å²) >= 11 is 1.64. The number of rotatable bonds is 9. The molecule has 0 saturated carbocycles. The van der Waals surface area contributed by atoms with Gasteiger partial charge in [0.1, 0.15) is 6.04 Å². The number of aliphatic hydroxyl groups is 1. The van der Waals surface area contributed by atoms with Crippen molar-refractivity contribution in [1.29, 1.82) is 0 Å². The van der Waals surface area contributed by atoms with Crippen molar-refractivity contribution in [2.45, 2.75) is 38.8 Å². The van der Waals surface area contributed by atoms with Crippen LogP contribution in [-0.2, 0) is 4.79 Å². The van der Waals surface area contributed by atoms with Crippen LogP contribution in [0.25, 0.3) is 0 Å². The maximum Gasteiger partial charge on any atom is 0.251 e. The second-order valence-corrected chi connectivity index (χ2v) is 7.06. The van der Waals surface area contributed by atoms with Gasteiger partial charge in [0.2, 0.25) is 5.91 Å². The lowest BCUT2D eigenvalue weighted by Crippen LogP contribution is -2.48. The summed E-state index contributed by atoms with van der Waals surface area (Å²) in [5.41, 5.74) is 1.56. The van der Waals surface area contributed by atoms with E-state index >= 15 is 0 Å². The molecular weight excluding hydrogens is 324 g/mol. The lowest BCUT2D eigenvalue weighted by Gasteiger charge is -2.25. The van der Waals surface area contributed by atoms with Crippen LogP contribution in [0, 0.1) is 6.92 Å². The molecule has 0 aromatic heterocycles. The molecule has 1 aromatic rings. The molecule has 6 heteroatoms. The minimum atomic E-state index is -0.551. The van der Waals surface area contributed by atoms with Crippen LogP contribution >= 0.6 is 11.8 Å². The Morgan fingerprint density at radius 1 is 1.33 bits per heavy atom. The van der Waals surface area contributed by atoms with E-state index < -0.39 is 12.1 Å². The highest BCUT2D eigenvalue weighted by Crippen LogP contribution is 2.08. The standard InChI is InChI=1S/C18H28N2O3S/c1-13-6-5-7-15(12-13)17(22)19-16(9-11-24-4)18(23)20(3)10-8-14(2)21/h5-7,12,14,16,21H,8-11H2,1-4H3,(H,19,22). The smallest absolute Gasteiger partial charge is 0.251 e. The Bertz CT molecular complexity index is 549. The largest absolute Gasteiger partial charge is 0.393 e. The number of benzene rings is 1. The van der Waals surface area contributed by atoms with Gasteiger partial charge in [-0.2, -0.15) is 11.8 Å². The zero-order chi connectivity index (χ0) is 18.1. The van der Waals surface area contributed by atoms with Gasteiger partial charge in [-0.25, -0.2) is 0 Å². The highest BCUT2D eigenvalue weighted by molar-refractivity contribution is 7.98. The van der Waals surface area contributed by atoms with E-state index in [1.807, 2.05) is 31.4 Å². The van der Waals surface area contributed by atoms with Gasteiger partial charge in [-0.1, -0.05) is 17.7 Å². The zero-order valence-corrected chi connectivity index (χ0v) is 15.7. The first-order valence-electron chi connectivity index (χ1n) is 8.14. The van der Waals surface area contributed by atoms with Crippen molar-refractivity contribution < 1.29 is 14.7 Å². The van der Waals surface area contributed by atoms with Crippen LogP contribution in [0.1, 0.15) is 35.7 Å². The number of aryl methyl sites for hydroxylation is 1. The molecule has 0 spiro atoms. The summed E-state index contributed by atoms with van der Waals surface area (Å²) in [5, 5.41) is 12.2. The van der Waals surface area contributed by atoms with E-state index in [0.717, 1.165) is 11.3 Å². The third-order valence-corrected chi connectivity index (χ3v) is 4.40. The summed E-state index contributed by atoms with van der Waals surface area (Å²) in [7, 11) is 1.70. The first-order valence-corrected chi connectivity index (χ1v) is 9.54. The van der Waals surface area contributed by atoms with Crippen molar-refractivity contribution in [3.8, 4) is 0 Å². The van der Waals surface area contributed by atoms with Gasteiger partial charge in [-0.15, -0.1) is 0 Å². The number of aliphatic hydroxyl groups excluding tert-OH is 1. The van der Waals surface area contributed by atoms with Gasteiger partial charge in [-0.05, 0) is 50.8 Å². The number of carbonyl (C=O) groups excluding carboxylic acids is 2. The molecule has 0 heterocycles. The number of nitrogens with zero attached hydrogens (tertiary/aromatic N) is 1. The summed E-state index contributed by atoms with van der Waals surface area (Å²) in [5.74, 6) is 0.433. The van der Waals surface area contributed by atoms with Gasteiger partial charge in [0.15, 0.2) is 0 Å². The third-order valence-electron chi connectivity index (χ3n) is 3.75. The molecule has 0 fully saturated rings. The van der Waals surface area contributed by atoms with Gasteiger partial charge in [0, 0.05) is 19.2 Å². The minimum absolute atomic E-state index is 0.120. The molecule has 2 unspecified atom stereocenters. The molecule has 0 aliphatic heterocycles. The van der Waals surface area contributed by atoms with Gasteiger partial charge >= 0.3 is 0 Å². The van der Waals surface area contributed by atoms with E-state index in [1.165, 1.54) is 0 Å². The molecule has 0 bridgehead atoms. The van der Waals surface area contributed by atoms with E-state index in [-0.39, 0.29) is 11.8 Å². The molecule has 5 nitrogen and oxygen atoms in total. The molecule has 2 N–H and O–H groups in total. The van der Waals surface area contributed by atoms with Gasteiger partial charge in [0.05, 0.1) is 6.10 Å². The maximum absolute atomic E-state index is 12.6. The summed E-state index contributed by atoms with van der Waals surface area (Å²) in [6.45, 7) is 4.09. The Labute approximate surface area is 148 Å². The van der Waals surface area contributed by atoms with Crippen LogP contribution in [0.15, 0.2) is 24.3 Å². The summed E-state index contributed by atoms with van der Waals surface area (Å²) in [6.07, 6.45) is 2.62. The van der Waals surface area contributed by atoms with Crippen molar-refractivity contribution >= 4 is 23.6 Å². The van der Waals surface area contributed by atoms with Gasteiger partial charge < -0.3 is 15.3 Å². The fraction of sp³-hybridized carbons (Fsp3) is 0.556. The quantitative estimate of drug-likeness (QED) is 0.714. The average Bonchev–Trinajstić information content (AvgIpc) is 2.55. The Kier molecular flexibility index (Phi) is 8.85. The van der Waals surface area contributed by atoms with Gasteiger partial charge in [-0.3, -0.25) is 9.59 Å². The highest BCUT2D eigenvalue weighted by Gasteiger charge is 2.24. The number of likely N-dealkylation sites (N-methyl/N-ethyl adjacent to an activating group) is 1. The number of hydrogen-bond donors (Lipinski definition) is 2. The number of hydrogen-bond acceptors (Lipinski definition) is 4. The summed E-state index contributed by atoms with van der Waals surface area (Å²) < 4.78 is 0. The third kappa shape index (κ3) is 6.93. The second kappa shape index (κ2) is 10.4. The van der Waals surface area contributed by atoms with E-state index in [1.54, 1.807) is 36.7 Å². The number of amides is 2. The summed E-state index contributed by atoms with van der Waals surface area (Å²) in [4.78, 5) is 26.6. The molecule has 134 valence electrons. The molecule has 1 aromatic carbocycles. The molecule has 0 saturated heterocycles. The normalized spacial score (nSPS) is 13.2. The lowest BCUT2D eigenvalue weighted by atomic mass is 10.1. The fourth-order valence-electron chi connectivity index (χ4n) is 2.28. The van der Waals surface area contributed by atoms with Crippen molar-refractivity contribution in [1.82, 2.24) is 10.2 Å². The summed E-state index contributed by atoms with van der Waals surface area (Å²) in [6, 6.07) is 6.76. The SMILES string of the molecule is CSCCC(NC(=O)c1cccc(C)c1)C(=O)N(C)CCC(C)O. The van der Waals surface area contributed by atoms with E-state index in [9.17, 15) is 14.7 Å². The van der Waals surface area contributed by atoms with Crippen LogP contribution in [-0.4, -0.2) is 59.6 Å². The van der Waals surface area contributed by atoms with Crippen LogP contribution in [0.3, 0.4) is 0 Å². The highest BCUT2D eigenvalue weighted by atomic mass is 32.2. The Morgan fingerprint density at radius 3 is 2.62 bits per heavy atom. The Balaban J connectivity index is 2.76. The molecule has 2 atom stereocenters. The first kappa shape index (κ1) is 20.5. The maximum atomic E-state index is 12.6. The van der Waals surface area contributed by atoms with Gasteiger partial charge in [0.25, 0.3) is 5.91 Å². The zero-order valence-electron chi connectivity index (χ0n) is 14.9. The van der Waals surface area contributed by atoms with Crippen molar-refractivity contribution in [3.63, 3.8) is 0 Å². The molecular formula is C18H28N2O3S. The lowest BCUT2D eigenvalue weighted by molar-refractivity contribution is -0.132. The topological polar surface area (TPSA) is 69.6 Å². The number of thioether (sulfide) groups is 1. The minimum Gasteiger partial charge on any atom is -0.393 e. The molecule has 1 rings (SSSR count). The predicted molar refractivity (Wildman–Crippen MR) is 99.4 cm³/mol. The Morgan fingerprint density at radius 2 is 2.04 bits per heavy atom. The van der Waals surface area contributed by atoms with Crippen molar-refractivity contribution in [2.24, 2.45) is 0 Å². The molecule has 2 amide bonds. The molecule has 0 aliphatic rings. The van der Waals surface area contributed by atoms with E-state index in [2.05, 4.69) is 5.32 Å². The van der Waals surface area contributed by atoms with Crippen LogP contribution in [0.4, 0.5) is 0 Å². The van der Waals surface area contributed by atoms with Crippen LogP contribution < -0.4 is 5.32 Å². The molecule has 0 aliphatic carbocycles. The first-order chi connectivity index (χ1) is 11.3. The number of nitrogens with one attached hydrogen (secondary N) is 1. The molecule has 0 radical (unpaired) electrons. The molecule has 24 heavy (non-hydrogen) atoms. The van der Waals surface area contributed by atoms with E-state index in [4.69, 9.17) is 0 Å². The van der Waals surface area contributed by atoms with Crippen LogP contribution in [0.2, 0.25) is 0 Å². The van der Waals surface area contributed by atoms with E-state index in [0.29, 0.717) is 24.9 Å². The number of carbonyl (C=O) groups is 2. The van der Waals surface area contributed by atoms with Crippen molar-refractivity contribution in [2.75, 3.05) is 25.6 Å². The van der Waals surface area contributed by atoms with Crippen LogP contribution in [0.5, 0.6) is 0 Å². The van der Waals surface area contributed by atoms with Crippen molar-refractivity contribution in [3.05, 3.63) is 35.4 Å². The predicted octanol–water partition coefficient (Wildman–Crippen LogP) is 2.08. The average molecular weight is 353 g/mol.